The molecule has 1 heterocycles. The Morgan fingerprint density at radius 3 is 2.45 bits per heavy atom. The third-order valence-corrected chi connectivity index (χ3v) is 3.90. The normalized spacial score (nSPS) is 10.9. The van der Waals surface area contributed by atoms with E-state index < -0.39 is 0 Å². The van der Waals surface area contributed by atoms with E-state index in [1.54, 1.807) is 7.11 Å². The molecule has 1 aromatic carbocycles. The van der Waals surface area contributed by atoms with E-state index in [1.165, 1.54) is 5.56 Å². The second-order valence-corrected chi connectivity index (χ2v) is 5.56. The van der Waals surface area contributed by atoms with Crippen LogP contribution in [0.15, 0.2) is 35.1 Å². The van der Waals surface area contributed by atoms with Gasteiger partial charge in [0.2, 0.25) is 0 Å². The zero-order valence-corrected chi connectivity index (χ0v) is 13.6. The number of nitrogens with zero attached hydrogens (tertiary/aromatic N) is 1. The molecule has 0 aliphatic rings. The molecule has 0 atom stereocenters. The molecule has 4 nitrogen and oxygen atoms in total. The highest BCUT2D eigenvalue weighted by molar-refractivity contribution is 5.61. The summed E-state index contributed by atoms with van der Waals surface area (Å²) in [5.41, 5.74) is 10.6. The van der Waals surface area contributed by atoms with Crippen LogP contribution in [0.1, 0.15) is 23.1 Å². The summed E-state index contributed by atoms with van der Waals surface area (Å²) in [5.74, 6) is 0. The Bertz CT molecular complexity index is 687. The number of hydrogen-bond donors (Lipinski definition) is 1. The number of nitrogens with two attached hydrogens (primary N) is 1. The molecule has 22 heavy (non-hydrogen) atoms. The van der Waals surface area contributed by atoms with E-state index in [0.29, 0.717) is 18.7 Å². The molecule has 118 valence electrons. The third-order valence-electron chi connectivity index (χ3n) is 3.90. The van der Waals surface area contributed by atoms with Gasteiger partial charge in [-0.2, -0.15) is 0 Å². The summed E-state index contributed by atoms with van der Waals surface area (Å²) in [6.45, 7) is 5.52. The van der Waals surface area contributed by atoms with Gasteiger partial charge >= 0.3 is 0 Å². The van der Waals surface area contributed by atoms with E-state index in [4.69, 9.17) is 10.5 Å². The number of aromatic nitrogens is 1. The minimum Gasteiger partial charge on any atom is -0.385 e. The highest BCUT2D eigenvalue weighted by Gasteiger charge is 2.12. The SMILES string of the molecule is COCCCn1c(-c2ccc(C)cc2)cc(C)c(CN)c1=O. The Kier molecular flexibility index (Phi) is 5.52. The predicted octanol–water partition coefficient (Wildman–Crippen LogP) is 2.63. The maximum absolute atomic E-state index is 12.7. The van der Waals surface area contributed by atoms with Crippen LogP contribution in [0.3, 0.4) is 0 Å². The van der Waals surface area contributed by atoms with Crippen molar-refractivity contribution >= 4 is 0 Å². The Morgan fingerprint density at radius 2 is 1.86 bits per heavy atom. The van der Waals surface area contributed by atoms with Gasteiger partial charge in [-0.15, -0.1) is 0 Å². The van der Waals surface area contributed by atoms with E-state index in [2.05, 4.69) is 37.3 Å². The summed E-state index contributed by atoms with van der Waals surface area (Å²) in [7, 11) is 1.67. The van der Waals surface area contributed by atoms with Crippen molar-refractivity contribution in [2.75, 3.05) is 13.7 Å². The van der Waals surface area contributed by atoms with Crippen LogP contribution in [0.5, 0.6) is 0 Å². The fraction of sp³-hybridized carbons (Fsp3) is 0.389. The molecule has 4 heteroatoms. The quantitative estimate of drug-likeness (QED) is 0.834. The van der Waals surface area contributed by atoms with Crippen LogP contribution in [0.2, 0.25) is 0 Å². The van der Waals surface area contributed by atoms with Crippen LogP contribution >= 0.6 is 0 Å². The minimum atomic E-state index is 0.00850. The molecule has 0 saturated heterocycles. The second kappa shape index (κ2) is 7.38. The lowest BCUT2D eigenvalue weighted by Gasteiger charge is -2.16. The van der Waals surface area contributed by atoms with Gasteiger partial charge in [-0.25, -0.2) is 0 Å². The maximum Gasteiger partial charge on any atom is 0.255 e. The molecule has 0 bridgehead atoms. The maximum atomic E-state index is 12.7. The van der Waals surface area contributed by atoms with Crippen molar-refractivity contribution in [1.82, 2.24) is 4.57 Å². The van der Waals surface area contributed by atoms with Gasteiger partial charge in [-0.05, 0) is 37.5 Å². The first-order valence-corrected chi connectivity index (χ1v) is 7.58. The number of hydrogen-bond acceptors (Lipinski definition) is 3. The van der Waals surface area contributed by atoms with Crippen molar-refractivity contribution in [2.24, 2.45) is 5.73 Å². The van der Waals surface area contributed by atoms with Gasteiger partial charge in [0.05, 0.1) is 5.69 Å². The van der Waals surface area contributed by atoms with Crippen molar-refractivity contribution in [3.8, 4) is 11.3 Å². The smallest absolute Gasteiger partial charge is 0.255 e. The third kappa shape index (κ3) is 3.46. The second-order valence-electron chi connectivity index (χ2n) is 5.56. The first kappa shape index (κ1) is 16.5. The van der Waals surface area contributed by atoms with Crippen LogP contribution in [-0.2, 0) is 17.8 Å². The van der Waals surface area contributed by atoms with Gasteiger partial charge in [-0.1, -0.05) is 29.8 Å². The average Bonchev–Trinajstić information content (AvgIpc) is 2.50. The summed E-state index contributed by atoms with van der Waals surface area (Å²) in [6, 6.07) is 10.3. The van der Waals surface area contributed by atoms with Gasteiger partial charge in [0.15, 0.2) is 0 Å². The van der Waals surface area contributed by atoms with Gasteiger partial charge < -0.3 is 15.0 Å². The summed E-state index contributed by atoms with van der Waals surface area (Å²) in [4.78, 5) is 12.7. The Balaban J connectivity index is 2.55. The molecule has 0 radical (unpaired) electrons. The molecule has 2 rings (SSSR count). The average molecular weight is 300 g/mol. The van der Waals surface area contributed by atoms with Crippen molar-refractivity contribution in [2.45, 2.75) is 33.4 Å². The number of benzene rings is 1. The van der Waals surface area contributed by atoms with Crippen LogP contribution < -0.4 is 11.3 Å². The van der Waals surface area contributed by atoms with Gasteiger partial charge in [0.25, 0.3) is 5.56 Å². The van der Waals surface area contributed by atoms with E-state index in [1.807, 2.05) is 11.5 Å². The molecule has 0 fully saturated rings. The molecule has 2 N–H and O–H groups in total. The number of rotatable bonds is 6. The van der Waals surface area contributed by atoms with E-state index >= 15 is 0 Å². The molecule has 0 spiro atoms. The van der Waals surface area contributed by atoms with Crippen molar-refractivity contribution in [3.63, 3.8) is 0 Å². The Morgan fingerprint density at radius 1 is 1.18 bits per heavy atom. The number of pyridine rings is 1. The van der Waals surface area contributed by atoms with Crippen molar-refractivity contribution in [1.29, 1.82) is 0 Å². The lowest BCUT2D eigenvalue weighted by molar-refractivity contribution is 0.190. The first-order valence-electron chi connectivity index (χ1n) is 7.58. The molecule has 0 unspecified atom stereocenters. The number of ether oxygens (including phenoxy) is 1. The van der Waals surface area contributed by atoms with Crippen LogP contribution in [0, 0.1) is 13.8 Å². The van der Waals surface area contributed by atoms with Crippen molar-refractivity contribution < 1.29 is 4.74 Å². The number of methoxy groups -OCH3 is 1. The summed E-state index contributed by atoms with van der Waals surface area (Å²) >= 11 is 0. The highest BCUT2D eigenvalue weighted by atomic mass is 16.5. The monoisotopic (exact) mass is 300 g/mol. The molecular formula is C18H24N2O2. The predicted molar refractivity (Wildman–Crippen MR) is 90.0 cm³/mol. The molecule has 0 aliphatic carbocycles. The zero-order valence-electron chi connectivity index (χ0n) is 13.6. The molecule has 0 amide bonds. The largest absolute Gasteiger partial charge is 0.385 e. The van der Waals surface area contributed by atoms with Crippen LogP contribution in [0.25, 0.3) is 11.3 Å². The van der Waals surface area contributed by atoms with Crippen molar-refractivity contribution in [3.05, 3.63) is 57.4 Å². The van der Waals surface area contributed by atoms with Gasteiger partial charge in [0, 0.05) is 32.4 Å². The molecule has 0 saturated carbocycles. The van der Waals surface area contributed by atoms with Crippen LogP contribution in [0.4, 0.5) is 0 Å². The molecule has 1 aromatic heterocycles. The van der Waals surface area contributed by atoms with E-state index in [9.17, 15) is 4.79 Å². The van der Waals surface area contributed by atoms with Gasteiger partial charge in [-0.3, -0.25) is 4.79 Å². The van der Waals surface area contributed by atoms with E-state index in [0.717, 1.165) is 23.2 Å². The molecule has 2 aromatic rings. The fourth-order valence-corrected chi connectivity index (χ4v) is 2.61. The van der Waals surface area contributed by atoms with E-state index in [-0.39, 0.29) is 12.1 Å². The lowest BCUT2D eigenvalue weighted by Crippen LogP contribution is -2.28. The van der Waals surface area contributed by atoms with Crippen LogP contribution in [-0.4, -0.2) is 18.3 Å². The summed E-state index contributed by atoms with van der Waals surface area (Å²) in [5, 5.41) is 0. The standard InChI is InChI=1S/C18H24N2O2/c1-13-5-7-15(8-6-13)17-11-14(2)16(12-19)18(21)20(17)9-4-10-22-3/h5-8,11H,4,9-10,12,19H2,1-3H3. The fourth-order valence-electron chi connectivity index (χ4n) is 2.61. The zero-order chi connectivity index (χ0) is 16.1. The molecule has 0 aliphatic heterocycles. The Labute approximate surface area is 131 Å². The van der Waals surface area contributed by atoms with Gasteiger partial charge in [0.1, 0.15) is 0 Å². The summed E-state index contributed by atoms with van der Waals surface area (Å²) in [6.07, 6.45) is 0.794. The topological polar surface area (TPSA) is 57.2 Å². The lowest BCUT2D eigenvalue weighted by atomic mass is 10.0. The minimum absolute atomic E-state index is 0.00850. The first-order chi connectivity index (χ1) is 10.6. The highest BCUT2D eigenvalue weighted by Crippen LogP contribution is 2.21. The Hall–Kier alpha value is -1.91. The summed E-state index contributed by atoms with van der Waals surface area (Å²) < 4.78 is 6.92. The molecular weight excluding hydrogens is 276 g/mol. The number of aryl methyl sites for hydroxylation is 2.